The smallest absolute Gasteiger partial charge is 0.126 e. The molecule has 35 heavy (non-hydrogen) atoms. The highest BCUT2D eigenvalue weighted by Gasteiger charge is 2.21. The lowest BCUT2D eigenvalue weighted by Crippen LogP contribution is -2.29. The quantitative estimate of drug-likeness (QED) is 0.465. The van der Waals surface area contributed by atoms with Gasteiger partial charge in [-0.1, -0.05) is 17.9 Å². The second-order valence-electron chi connectivity index (χ2n) is 10.7. The fourth-order valence-electron chi connectivity index (χ4n) is 4.36. The largest absolute Gasteiger partial charge is 0.383 e. The predicted octanol–water partition coefficient (Wildman–Crippen LogP) is 5.24. The zero-order valence-electron chi connectivity index (χ0n) is 21.4. The molecule has 0 saturated carbocycles. The Labute approximate surface area is 214 Å². The lowest BCUT2D eigenvalue weighted by Gasteiger charge is -2.27. The van der Waals surface area contributed by atoms with Gasteiger partial charge in [-0.25, -0.2) is 9.97 Å². The molecule has 3 heterocycles. The van der Waals surface area contributed by atoms with Gasteiger partial charge in [-0.15, -0.1) is 11.3 Å². The monoisotopic (exact) mass is 487 g/mol. The Morgan fingerprint density at radius 2 is 1.77 bits per heavy atom. The highest BCUT2D eigenvalue weighted by Crippen LogP contribution is 2.35. The summed E-state index contributed by atoms with van der Waals surface area (Å²) in [4.78, 5) is 12.8. The summed E-state index contributed by atoms with van der Waals surface area (Å²) >= 11 is 1.80. The van der Waals surface area contributed by atoms with E-state index in [1.54, 1.807) is 11.3 Å². The van der Waals surface area contributed by atoms with Crippen LogP contribution in [0.2, 0.25) is 0 Å². The summed E-state index contributed by atoms with van der Waals surface area (Å²) in [5.74, 6) is 7.81. The molecule has 0 radical (unpaired) electrons. The summed E-state index contributed by atoms with van der Waals surface area (Å²) in [5.41, 5.74) is 17.7. The molecule has 4 N–H and O–H groups in total. The fourth-order valence-corrected chi connectivity index (χ4v) is 5.42. The lowest BCUT2D eigenvalue weighted by molar-refractivity contribution is 0.255. The number of anilines is 1. The number of thiazole rings is 1. The molecule has 1 aromatic carbocycles. The van der Waals surface area contributed by atoms with Gasteiger partial charge >= 0.3 is 0 Å². The third-order valence-corrected chi connectivity index (χ3v) is 7.64. The van der Waals surface area contributed by atoms with E-state index in [9.17, 15) is 0 Å². The molecule has 2 aromatic heterocycles. The molecule has 1 fully saturated rings. The number of rotatable bonds is 6. The van der Waals surface area contributed by atoms with E-state index in [4.69, 9.17) is 16.5 Å². The Morgan fingerprint density at radius 1 is 1.03 bits per heavy atom. The number of aryl methyl sites for hydroxylation is 2. The number of benzene rings is 1. The van der Waals surface area contributed by atoms with Gasteiger partial charge in [0.1, 0.15) is 5.82 Å². The molecule has 0 amide bonds. The van der Waals surface area contributed by atoms with E-state index in [-0.39, 0.29) is 5.41 Å². The highest BCUT2D eigenvalue weighted by atomic mass is 32.1. The van der Waals surface area contributed by atoms with Crippen LogP contribution in [-0.2, 0) is 19.4 Å². The Hall–Kier alpha value is -2.72. The summed E-state index contributed by atoms with van der Waals surface area (Å²) in [6.45, 7) is 9.15. The number of nitrogens with zero attached hydrogens (tertiary/aromatic N) is 3. The van der Waals surface area contributed by atoms with Gasteiger partial charge in [-0.05, 0) is 101 Å². The first-order chi connectivity index (χ1) is 16.7. The normalized spacial score (nSPS) is 15.1. The molecular formula is C29H37N5S. The number of hydrogen-bond acceptors (Lipinski definition) is 6. The SMILES string of the molecule is CN1CCC(c2ncc(-c3cnc(N)c(CCc4cc(C#CC(C)(C)C)cc(CN)c4)c3)s2)CC1. The minimum atomic E-state index is -0.0384. The van der Waals surface area contributed by atoms with E-state index in [2.05, 4.69) is 73.8 Å². The first kappa shape index (κ1) is 25.4. The lowest BCUT2D eigenvalue weighted by atomic mass is 9.96. The summed E-state index contributed by atoms with van der Waals surface area (Å²) in [7, 11) is 2.19. The van der Waals surface area contributed by atoms with Gasteiger partial charge in [0.2, 0.25) is 0 Å². The topological polar surface area (TPSA) is 81.1 Å². The summed E-state index contributed by atoms with van der Waals surface area (Å²) in [6.07, 6.45) is 7.90. The Morgan fingerprint density at radius 3 is 2.49 bits per heavy atom. The van der Waals surface area contributed by atoms with Gasteiger partial charge in [0.25, 0.3) is 0 Å². The number of pyridine rings is 1. The number of nitrogen functional groups attached to an aromatic ring is 1. The van der Waals surface area contributed by atoms with E-state index >= 15 is 0 Å². The molecule has 1 aliphatic rings. The first-order valence-corrected chi connectivity index (χ1v) is 13.3. The van der Waals surface area contributed by atoms with Crippen molar-refractivity contribution < 1.29 is 0 Å². The first-order valence-electron chi connectivity index (χ1n) is 12.5. The number of piperidine rings is 1. The van der Waals surface area contributed by atoms with Crippen molar-refractivity contribution in [3.8, 4) is 22.3 Å². The number of aromatic nitrogens is 2. The van der Waals surface area contributed by atoms with E-state index in [1.807, 2.05) is 12.4 Å². The molecule has 0 aliphatic carbocycles. The van der Waals surface area contributed by atoms with Gasteiger partial charge < -0.3 is 16.4 Å². The van der Waals surface area contributed by atoms with Gasteiger partial charge in [-0.3, -0.25) is 0 Å². The molecule has 184 valence electrons. The van der Waals surface area contributed by atoms with Crippen molar-refractivity contribution in [3.63, 3.8) is 0 Å². The molecule has 1 saturated heterocycles. The van der Waals surface area contributed by atoms with Gasteiger partial charge in [0.05, 0.1) is 9.88 Å². The summed E-state index contributed by atoms with van der Waals surface area (Å²) in [6, 6.07) is 8.61. The molecule has 6 heteroatoms. The van der Waals surface area contributed by atoms with Crippen LogP contribution in [0.15, 0.2) is 36.7 Å². The summed E-state index contributed by atoms with van der Waals surface area (Å²) < 4.78 is 0. The molecule has 5 nitrogen and oxygen atoms in total. The van der Waals surface area contributed by atoms with E-state index < -0.39 is 0 Å². The molecule has 1 aliphatic heterocycles. The Bertz CT molecular complexity index is 1220. The molecule has 0 atom stereocenters. The molecular weight excluding hydrogens is 450 g/mol. The highest BCUT2D eigenvalue weighted by molar-refractivity contribution is 7.15. The van der Waals surface area contributed by atoms with E-state index in [1.165, 1.54) is 23.4 Å². The van der Waals surface area contributed by atoms with Gasteiger partial charge in [-0.2, -0.15) is 0 Å². The fraction of sp³-hybridized carbons (Fsp3) is 0.448. The minimum Gasteiger partial charge on any atom is -0.383 e. The maximum Gasteiger partial charge on any atom is 0.126 e. The maximum absolute atomic E-state index is 6.28. The molecule has 4 rings (SSSR count). The zero-order valence-corrected chi connectivity index (χ0v) is 22.2. The number of likely N-dealkylation sites (tertiary alicyclic amines) is 1. The van der Waals surface area contributed by atoms with Gasteiger partial charge in [0.15, 0.2) is 0 Å². The number of hydrogen-bond donors (Lipinski definition) is 2. The summed E-state index contributed by atoms with van der Waals surface area (Å²) in [5, 5.41) is 1.24. The van der Waals surface area contributed by atoms with E-state index in [0.717, 1.165) is 53.1 Å². The van der Waals surface area contributed by atoms with Crippen molar-refractivity contribution in [2.45, 2.75) is 58.9 Å². The van der Waals surface area contributed by atoms with Crippen molar-refractivity contribution in [3.05, 3.63) is 63.9 Å². The van der Waals surface area contributed by atoms with Crippen molar-refractivity contribution in [2.75, 3.05) is 25.9 Å². The van der Waals surface area contributed by atoms with Crippen LogP contribution in [0.4, 0.5) is 5.82 Å². The molecule has 0 unspecified atom stereocenters. The van der Waals surface area contributed by atoms with Crippen LogP contribution in [0.3, 0.4) is 0 Å². The second-order valence-corrected chi connectivity index (χ2v) is 11.7. The molecule has 0 spiro atoms. The van der Waals surface area contributed by atoms with Gasteiger partial charge in [0, 0.05) is 41.4 Å². The third kappa shape index (κ3) is 6.91. The van der Waals surface area contributed by atoms with Crippen LogP contribution < -0.4 is 11.5 Å². The Balaban J connectivity index is 1.50. The van der Waals surface area contributed by atoms with Crippen molar-refractivity contribution in [1.29, 1.82) is 0 Å². The molecule has 0 bridgehead atoms. The van der Waals surface area contributed by atoms with Crippen LogP contribution in [0, 0.1) is 17.3 Å². The average Bonchev–Trinajstić information content (AvgIpc) is 3.32. The standard InChI is InChI=1S/C29H37N5S/c1-29(2,3)10-7-21-13-20(14-22(15-21)17-30)5-6-24-16-25(18-32-27(24)31)26-19-33-28(35-26)23-8-11-34(4)12-9-23/h13-16,18-19,23H,5-6,8-9,11-12,17,30H2,1-4H3,(H2,31,32). The van der Waals surface area contributed by atoms with Crippen molar-refractivity contribution in [1.82, 2.24) is 14.9 Å². The second kappa shape index (κ2) is 10.9. The maximum atomic E-state index is 6.28. The van der Waals surface area contributed by atoms with Crippen LogP contribution in [0.5, 0.6) is 0 Å². The van der Waals surface area contributed by atoms with Crippen LogP contribution in [0.25, 0.3) is 10.4 Å². The number of nitrogens with two attached hydrogens (primary N) is 2. The van der Waals surface area contributed by atoms with Crippen LogP contribution >= 0.6 is 11.3 Å². The van der Waals surface area contributed by atoms with Crippen molar-refractivity contribution in [2.24, 2.45) is 11.1 Å². The Kier molecular flexibility index (Phi) is 7.91. The van der Waals surface area contributed by atoms with E-state index in [0.29, 0.717) is 18.3 Å². The van der Waals surface area contributed by atoms with Crippen LogP contribution in [-0.4, -0.2) is 35.0 Å². The third-order valence-electron chi connectivity index (χ3n) is 6.43. The molecule has 3 aromatic rings. The minimum absolute atomic E-state index is 0.0384. The van der Waals surface area contributed by atoms with Crippen molar-refractivity contribution >= 4 is 17.2 Å². The average molecular weight is 488 g/mol. The van der Waals surface area contributed by atoms with Crippen LogP contribution in [0.1, 0.15) is 66.8 Å². The predicted molar refractivity (Wildman–Crippen MR) is 147 cm³/mol. The zero-order chi connectivity index (χ0) is 25.0.